The van der Waals surface area contributed by atoms with Crippen LogP contribution in [0.1, 0.15) is 33.1 Å². The molecule has 6 heteroatoms. The van der Waals surface area contributed by atoms with Crippen LogP contribution < -0.4 is 11.1 Å². The summed E-state index contributed by atoms with van der Waals surface area (Å²) in [6, 6.07) is -0.866. The van der Waals surface area contributed by atoms with E-state index in [0.29, 0.717) is 24.1 Å². The summed E-state index contributed by atoms with van der Waals surface area (Å²) >= 11 is 0. The molecule has 0 saturated heterocycles. The van der Waals surface area contributed by atoms with Crippen molar-refractivity contribution in [2.24, 2.45) is 10.7 Å². The van der Waals surface area contributed by atoms with Crippen molar-refractivity contribution in [1.82, 2.24) is 5.32 Å². The molecule has 0 aromatic rings. The lowest BCUT2D eigenvalue weighted by atomic mass is 10.0. The summed E-state index contributed by atoms with van der Waals surface area (Å²) in [5.41, 5.74) is 7.71. The molecule has 0 aromatic carbocycles. The van der Waals surface area contributed by atoms with Gasteiger partial charge < -0.3 is 21.3 Å². The number of hydrogen-bond acceptors (Lipinski definition) is 5. The number of carbonyl (C=O) groups is 1. The summed E-state index contributed by atoms with van der Waals surface area (Å²) in [6.07, 6.45) is 6.62. The average molecular weight is 279 g/mol. The van der Waals surface area contributed by atoms with Gasteiger partial charge >= 0.3 is 5.97 Å². The van der Waals surface area contributed by atoms with Crippen molar-refractivity contribution in [2.45, 2.75) is 39.2 Å². The van der Waals surface area contributed by atoms with Crippen molar-refractivity contribution in [3.63, 3.8) is 0 Å². The fraction of sp³-hybridized carbons (Fsp3) is 0.429. The normalized spacial score (nSPS) is 19.1. The number of nitrogens with one attached hydrogen (secondary N) is 1. The van der Waals surface area contributed by atoms with Gasteiger partial charge in [-0.15, -0.1) is 0 Å². The maximum absolute atomic E-state index is 10.5. The second kappa shape index (κ2) is 7.49. The van der Waals surface area contributed by atoms with E-state index in [0.717, 1.165) is 12.0 Å². The van der Waals surface area contributed by atoms with Gasteiger partial charge in [0.05, 0.1) is 5.70 Å². The average Bonchev–Trinajstić information content (AvgIpc) is 2.42. The van der Waals surface area contributed by atoms with Crippen LogP contribution in [0.2, 0.25) is 0 Å². The Morgan fingerprint density at radius 3 is 2.90 bits per heavy atom. The van der Waals surface area contributed by atoms with E-state index in [9.17, 15) is 9.90 Å². The highest BCUT2D eigenvalue weighted by Crippen LogP contribution is 2.25. The highest BCUT2D eigenvalue weighted by Gasteiger charge is 2.15. The quantitative estimate of drug-likeness (QED) is 0.555. The first-order valence-corrected chi connectivity index (χ1v) is 6.53. The van der Waals surface area contributed by atoms with Crippen LogP contribution in [0, 0.1) is 0 Å². The van der Waals surface area contributed by atoms with E-state index in [1.165, 1.54) is 0 Å². The van der Waals surface area contributed by atoms with Crippen molar-refractivity contribution in [3.8, 4) is 0 Å². The van der Waals surface area contributed by atoms with Crippen molar-refractivity contribution >= 4 is 12.2 Å². The van der Waals surface area contributed by atoms with E-state index in [2.05, 4.69) is 10.3 Å². The van der Waals surface area contributed by atoms with E-state index >= 15 is 0 Å². The van der Waals surface area contributed by atoms with Gasteiger partial charge in [-0.05, 0) is 31.8 Å². The Balaban J connectivity index is 2.65. The summed E-state index contributed by atoms with van der Waals surface area (Å²) in [4.78, 5) is 14.6. The number of allylic oxidation sites excluding steroid dienone is 2. The minimum absolute atomic E-state index is 0.184. The van der Waals surface area contributed by atoms with Gasteiger partial charge in [0.15, 0.2) is 0 Å². The fourth-order valence-electron chi connectivity index (χ4n) is 1.71. The van der Waals surface area contributed by atoms with E-state index in [1.54, 1.807) is 19.3 Å². The summed E-state index contributed by atoms with van der Waals surface area (Å²) in [5, 5.41) is 21.6. The topological polar surface area (TPSA) is 108 Å². The number of hydrogen-bond donors (Lipinski definition) is 4. The van der Waals surface area contributed by atoms with Crippen LogP contribution in [0.3, 0.4) is 0 Å². The molecule has 20 heavy (non-hydrogen) atoms. The molecule has 1 aliphatic rings. The number of dihydropyridines is 1. The summed E-state index contributed by atoms with van der Waals surface area (Å²) in [6.45, 7) is 3.77. The Morgan fingerprint density at radius 1 is 1.60 bits per heavy atom. The van der Waals surface area contributed by atoms with Crippen molar-refractivity contribution in [3.05, 3.63) is 35.0 Å². The molecule has 6 nitrogen and oxygen atoms in total. The standard InChI is InChI=1S/C14H21N3O3/c1-3-10-7-17-9(2)13(18)11(10)8-16-6-4-5-12(15)14(19)20/h6-8,12,17-18H,3-5,15H2,1-2H3,(H,19,20)/b11-8-,16-6+/t12-/m0/s1. The van der Waals surface area contributed by atoms with Crippen LogP contribution in [0.4, 0.5) is 0 Å². The predicted molar refractivity (Wildman–Crippen MR) is 78.3 cm³/mol. The highest BCUT2D eigenvalue weighted by molar-refractivity contribution is 5.73. The zero-order valence-corrected chi connectivity index (χ0v) is 11.8. The second-order valence-corrected chi connectivity index (χ2v) is 4.54. The predicted octanol–water partition coefficient (Wildman–Crippen LogP) is 1.82. The number of aliphatic hydroxyl groups excluding tert-OH is 1. The molecule has 0 radical (unpaired) electrons. The molecule has 1 aliphatic heterocycles. The fourth-order valence-corrected chi connectivity index (χ4v) is 1.71. The van der Waals surface area contributed by atoms with Gasteiger partial charge in [-0.25, -0.2) is 0 Å². The Bertz CT molecular complexity index is 490. The summed E-state index contributed by atoms with van der Waals surface area (Å²) < 4.78 is 0. The van der Waals surface area contributed by atoms with E-state index in [4.69, 9.17) is 10.8 Å². The Hall–Kier alpha value is -2.08. The SMILES string of the molecule is CCC1=CNC(C)=C(O)/C1=C\N=C\CC[C@H](N)C(=O)O. The van der Waals surface area contributed by atoms with Crippen LogP contribution in [0.5, 0.6) is 0 Å². The van der Waals surface area contributed by atoms with E-state index < -0.39 is 12.0 Å². The zero-order valence-electron chi connectivity index (χ0n) is 11.8. The van der Waals surface area contributed by atoms with Gasteiger partial charge in [-0.3, -0.25) is 9.79 Å². The molecular formula is C14H21N3O3. The minimum Gasteiger partial charge on any atom is -0.505 e. The molecule has 0 saturated carbocycles. The first kappa shape index (κ1) is 16.0. The molecule has 0 aromatic heterocycles. The lowest BCUT2D eigenvalue weighted by Crippen LogP contribution is -2.29. The van der Waals surface area contributed by atoms with Crippen LogP contribution >= 0.6 is 0 Å². The molecule has 1 rings (SSSR count). The third-order valence-corrected chi connectivity index (χ3v) is 3.03. The van der Waals surface area contributed by atoms with Gasteiger partial charge in [0.2, 0.25) is 0 Å². The van der Waals surface area contributed by atoms with Gasteiger partial charge in [-0.2, -0.15) is 0 Å². The van der Waals surface area contributed by atoms with Gasteiger partial charge in [0, 0.05) is 24.2 Å². The van der Waals surface area contributed by atoms with Crippen molar-refractivity contribution in [2.75, 3.05) is 0 Å². The number of rotatable bonds is 6. The molecule has 0 bridgehead atoms. The smallest absolute Gasteiger partial charge is 0.320 e. The molecule has 0 spiro atoms. The summed E-state index contributed by atoms with van der Waals surface area (Å²) in [7, 11) is 0. The zero-order chi connectivity index (χ0) is 15.1. The Morgan fingerprint density at radius 2 is 2.30 bits per heavy atom. The van der Waals surface area contributed by atoms with Gasteiger partial charge in [-0.1, -0.05) is 6.92 Å². The minimum atomic E-state index is -1.01. The molecule has 0 unspecified atom stereocenters. The van der Waals surface area contributed by atoms with Crippen LogP contribution in [0.15, 0.2) is 40.0 Å². The number of nitrogens with zero attached hydrogens (tertiary/aromatic N) is 1. The Labute approximate surface area is 118 Å². The molecule has 0 fully saturated rings. The number of carboxylic acids is 1. The number of aliphatic carboxylic acids is 1. The molecule has 5 N–H and O–H groups in total. The lowest BCUT2D eigenvalue weighted by molar-refractivity contribution is -0.138. The van der Waals surface area contributed by atoms with Gasteiger partial charge in [0.1, 0.15) is 11.8 Å². The largest absolute Gasteiger partial charge is 0.505 e. The third-order valence-electron chi connectivity index (χ3n) is 3.03. The van der Waals surface area contributed by atoms with Crippen LogP contribution in [-0.2, 0) is 4.79 Å². The first-order valence-electron chi connectivity index (χ1n) is 6.53. The lowest BCUT2D eigenvalue weighted by Gasteiger charge is -2.18. The van der Waals surface area contributed by atoms with Crippen LogP contribution in [-0.4, -0.2) is 28.4 Å². The third kappa shape index (κ3) is 4.24. The van der Waals surface area contributed by atoms with E-state index in [-0.39, 0.29) is 5.76 Å². The van der Waals surface area contributed by atoms with Crippen LogP contribution in [0.25, 0.3) is 0 Å². The van der Waals surface area contributed by atoms with Crippen molar-refractivity contribution in [1.29, 1.82) is 0 Å². The molecule has 110 valence electrons. The maximum Gasteiger partial charge on any atom is 0.320 e. The van der Waals surface area contributed by atoms with Crippen molar-refractivity contribution < 1.29 is 15.0 Å². The summed E-state index contributed by atoms with van der Waals surface area (Å²) in [5.74, 6) is -0.828. The Kier molecular flexibility index (Phi) is 5.99. The molecule has 0 aliphatic carbocycles. The van der Waals surface area contributed by atoms with E-state index in [1.807, 2.05) is 13.1 Å². The number of aliphatic imine (C=N–C) groups is 1. The number of aliphatic hydroxyl groups is 1. The molecule has 1 heterocycles. The molecule has 0 amide bonds. The first-order chi connectivity index (χ1) is 9.47. The highest BCUT2D eigenvalue weighted by atomic mass is 16.4. The second-order valence-electron chi connectivity index (χ2n) is 4.54. The molecular weight excluding hydrogens is 258 g/mol. The number of carboxylic acid groups (broad SMARTS) is 1. The monoisotopic (exact) mass is 279 g/mol. The molecule has 1 atom stereocenters. The number of nitrogens with two attached hydrogens (primary N) is 1. The van der Waals surface area contributed by atoms with Gasteiger partial charge in [0.25, 0.3) is 0 Å². The maximum atomic E-state index is 10.5.